The average molecular weight is 668 g/mol. The summed E-state index contributed by atoms with van der Waals surface area (Å²) in [5, 5.41) is 14.0. The first-order chi connectivity index (χ1) is 22.8. The highest BCUT2D eigenvalue weighted by Crippen LogP contribution is 2.39. The van der Waals surface area contributed by atoms with Crippen molar-refractivity contribution in [2.75, 3.05) is 72.1 Å². The van der Waals surface area contributed by atoms with Crippen LogP contribution in [0.3, 0.4) is 0 Å². The van der Waals surface area contributed by atoms with E-state index >= 15 is 0 Å². The van der Waals surface area contributed by atoms with E-state index in [0.29, 0.717) is 61.4 Å². The van der Waals surface area contributed by atoms with Crippen molar-refractivity contribution in [2.24, 2.45) is 0 Å². The topological polar surface area (TPSA) is 118 Å². The van der Waals surface area contributed by atoms with E-state index in [1.54, 1.807) is 30.3 Å². The number of nitrogens with zero attached hydrogens (tertiary/aromatic N) is 2. The molecule has 3 aromatic rings. The predicted molar refractivity (Wildman–Crippen MR) is 184 cm³/mol. The molecule has 0 saturated heterocycles. The molecule has 0 aromatic heterocycles. The summed E-state index contributed by atoms with van der Waals surface area (Å²) < 4.78 is 15.8. The van der Waals surface area contributed by atoms with Crippen molar-refractivity contribution in [3.8, 4) is 5.75 Å². The van der Waals surface area contributed by atoms with Crippen molar-refractivity contribution >= 4 is 35.4 Å². The van der Waals surface area contributed by atoms with Gasteiger partial charge in [0, 0.05) is 48.7 Å². The number of imide groups is 1. The highest BCUT2D eigenvalue weighted by Gasteiger charge is 2.34. The van der Waals surface area contributed by atoms with E-state index in [4.69, 9.17) is 25.8 Å². The Bertz CT molecular complexity index is 1430. The Labute approximate surface area is 282 Å². The number of amides is 2. The van der Waals surface area contributed by atoms with Gasteiger partial charge in [0.2, 0.25) is 0 Å². The summed E-state index contributed by atoms with van der Waals surface area (Å²) in [6.45, 7) is 8.20. The zero-order valence-corrected chi connectivity index (χ0v) is 28.4. The van der Waals surface area contributed by atoms with Crippen LogP contribution in [0.15, 0.2) is 60.7 Å². The number of aldehydes is 1. The third-order valence-corrected chi connectivity index (χ3v) is 7.78. The van der Waals surface area contributed by atoms with Gasteiger partial charge in [-0.2, -0.15) is 0 Å². The highest BCUT2D eigenvalue weighted by molar-refractivity contribution is 6.30. The number of ether oxygens (including phenoxy) is 3. The van der Waals surface area contributed by atoms with Gasteiger partial charge in [0.1, 0.15) is 12.0 Å². The van der Waals surface area contributed by atoms with E-state index in [2.05, 4.69) is 35.5 Å². The summed E-state index contributed by atoms with van der Waals surface area (Å²) in [5.41, 5.74) is 5.32. The lowest BCUT2D eigenvalue weighted by Gasteiger charge is -2.33. The smallest absolute Gasteiger partial charge is 0.261 e. The Kier molecular flexibility index (Phi) is 15.8. The van der Waals surface area contributed by atoms with Crippen LogP contribution in [0, 0.1) is 0 Å². The largest absolute Gasteiger partial charge is 0.508 e. The third kappa shape index (κ3) is 10.6. The number of phenolic OH excluding ortho intramolecular Hbond substituents is 1. The fourth-order valence-corrected chi connectivity index (χ4v) is 5.56. The van der Waals surface area contributed by atoms with Crippen LogP contribution in [-0.2, 0) is 25.5 Å². The van der Waals surface area contributed by atoms with Gasteiger partial charge in [0.15, 0.2) is 0 Å². The Morgan fingerprint density at radius 3 is 2.13 bits per heavy atom. The first-order valence-electron chi connectivity index (χ1n) is 15.9. The molecule has 2 aliphatic rings. The zero-order chi connectivity index (χ0) is 34.2. The molecule has 1 unspecified atom stereocenters. The van der Waals surface area contributed by atoms with Gasteiger partial charge in [0.25, 0.3) is 11.8 Å². The molecule has 3 aromatic carbocycles. The van der Waals surface area contributed by atoms with E-state index in [1.807, 2.05) is 33.0 Å². The molecule has 10 nitrogen and oxygen atoms in total. The van der Waals surface area contributed by atoms with E-state index in [1.165, 1.54) is 10.5 Å². The first-order valence-corrected chi connectivity index (χ1v) is 16.3. The molecule has 47 heavy (non-hydrogen) atoms. The lowest BCUT2D eigenvalue weighted by atomic mass is 9.84. The number of benzene rings is 3. The zero-order valence-electron chi connectivity index (χ0n) is 27.7. The molecule has 0 aliphatic carbocycles. The van der Waals surface area contributed by atoms with Gasteiger partial charge < -0.3 is 34.3 Å². The van der Waals surface area contributed by atoms with Gasteiger partial charge >= 0.3 is 0 Å². The molecule has 0 bridgehead atoms. The van der Waals surface area contributed by atoms with Crippen LogP contribution in [0.5, 0.6) is 5.75 Å². The number of anilines is 1. The number of aromatic hydroxyl groups is 1. The molecule has 5 rings (SSSR count). The summed E-state index contributed by atoms with van der Waals surface area (Å²) in [4.78, 5) is 37.7. The van der Waals surface area contributed by atoms with Crippen molar-refractivity contribution in [1.29, 1.82) is 0 Å². The van der Waals surface area contributed by atoms with E-state index in [0.717, 1.165) is 36.2 Å². The monoisotopic (exact) mass is 667 g/mol. The second kappa shape index (κ2) is 19.8. The van der Waals surface area contributed by atoms with E-state index < -0.39 is 0 Å². The number of nitrogens with one attached hydrogen (secondary N) is 1. The Hall–Kier alpha value is -3.80. The van der Waals surface area contributed by atoms with Gasteiger partial charge in [-0.15, -0.1) is 0 Å². The minimum Gasteiger partial charge on any atom is -0.508 e. The normalized spacial score (nSPS) is 15.2. The maximum Gasteiger partial charge on any atom is 0.261 e. The summed E-state index contributed by atoms with van der Waals surface area (Å²) in [5.74, 6) is -0.0404. The molecular formula is C36H46ClN3O7. The van der Waals surface area contributed by atoms with Crippen LogP contribution >= 0.6 is 11.6 Å². The van der Waals surface area contributed by atoms with Crippen LogP contribution in [0.25, 0.3) is 0 Å². The summed E-state index contributed by atoms with van der Waals surface area (Å²) in [7, 11) is 3.99. The number of fused-ring (bicyclic) bond motifs is 2. The van der Waals surface area contributed by atoms with Gasteiger partial charge in [-0.05, 0) is 54.6 Å². The number of hydrogen-bond acceptors (Lipinski definition) is 9. The van der Waals surface area contributed by atoms with Crippen molar-refractivity contribution in [3.05, 3.63) is 93.5 Å². The third-order valence-electron chi connectivity index (χ3n) is 7.56. The number of phenols is 1. The molecule has 0 saturated carbocycles. The lowest BCUT2D eigenvalue weighted by molar-refractivity contribution is -0.109. The molecule has 2 N–H and O–H groups in total. The molecule has 0 fully saturated rings. The first kappa shape index (κ1) is 37.7. The maximum atomic E-state index is 12.1. The van der Waals surface area contributed by atoms with E-state index in [9.17, 15) is 19.5 Å². The van der Waals surface area contributed by atoms with Crippen LogP contribution in [0.2, 0.25) is 5.02 Å². The minimum absolute atomic E-state index is 0.219. The quantitative estimate of drug-likeness (QED) is 0.128. The summed E-state index contributed by atoms with van der Waals surface area (Å²) in [6, 6.07) is 18.8. The SMILES string of the molecule is CC.CNc1cccc(C2CN(C)Cc3c(O)cc(Cl)cc32)c1.O=CCCOCCOCCOCCN1C(=O)c2ccccc2C1=O. The van der Waals surface area contributed by atoms with Crippen LogP contribution in [-0.4, -0.2) is 99.8 Å². The second-order valence-electron chi connectivity index (χ2n) is 10.7. The Morgan fingerprint density at radius 2 is 1.51 bits per heavy atom. The fourth-order valence-electron chi connectivity index (χ4n) is 5.34. The molecule has 0 radical (unpaired) electrons. The number of hydrogen-bond donors (Lipinski definition) is 2. The van der Waals surface area contributed by atoms with Crippen LogP contribution < -0.4 is 5.32 Å². The number of rotatable bonds is 14. The number of carbonyl (C=O) groups is 3. The van der Waals surface area contributed by atoms with Crippen molar-refractivity contribution in [2.45, 2.75) is 32.7 Å². The molecule has 2 aliphatic heterocycles. The van der Waals surface area contributed by atoms with Crippen molar-refractivity contribution in [1.82, 2.24) is 9.80 Å². The van der Waals surface area contributed by atoms with E-state index in [-0.39, 0.29) is 30.9 Å². The molecule has 11 heteroatoms. The molecule has 254 valence electrons. The maximum absolute atomic E-state index is 12.1. The van der Waals surface area contributed by atoms with Crippen molar-refractivity contribution < 1.29 is 33.7 Å². The summed E-state index contributed by atoms with van der Waals surface area (Å²) in [6.07, 6.45) is 1.20. The highest BCUT2D eigenvalue weighted by atomic mass is 35.5. The second-order valence-corrected chi connectivity index (χ2v) is 11.2. The molecule has 2 amide bonds. The average Bonchev–Trinajstić information content (AvgIpc) is 3.33. The van der Waals surface area contributed by atoms with Gasteiger partial charge in [-0.1, -0.05) is 49.7 Å². The standard InChI is InChI=1S/C17H19ClN2O.C17H21NO6.C2H6/c1-19-13-5-3-4-11(6-13)15-9-20(2)10-16-14(15)7-12(18)8-17(16)21;19-7-3-8-22-10-12-24-13-11-23-9-6-18-16(20)14-4-1-2-5-15(14)17(18)21;1-2/h3-8,15,19,21H,9-10H2,1-2H3;1-2,4-5,7H,3,6,8-13H2;1-2H3. The van der Waals surface area contributed by atoms with Gasteiger partial charge in [0.05, 0.1) is 57.3 Å². The summed E-state index contributed by atoms with van der Waals surface area (Å²) >= 11 is 6.14. The molecule has 0 spiro atoms. The van der Waals surface area contributed by atoms with Gasteiger partial charge in [-0.3, -0.25) is 14.5 Å². The van der Waals surface area contributed by atoms with Crippen LogP contribution in [0.4, 0.5) is 5.69 Å². The van der Waals surface area contributed by atoms with Crippen molar-refractivity contribution in [3.63, 3.8) is 0 Å². The molecule has 1 atom stereocenters. The lowest BCUT2D eigenvalue weighted by Crippen LogP contribution is -2.33. The predicted octanol–water partition coefficient (Wildman–Crippen LogP) is 5.61. The number of halogens is 1. The van der Waals surface area contributed by atoms with Crippen LogP contribution in [0.1, 0.15) is 63.6 Å². The number of carbonyl (C=O) groups excluding carboxylic acids is 3. The Balaban J connectivity index is 0.000000244. The Morgan fingerprint density at radius 1 is 0.894 bits per heavy atom. The molecule has 2 heterocycles. The fraction of sp³-hybridized carbons (Fsp3) is 0.417. The minimum atomic E-state index is -0.275. The number of likely N-dealkylation sites (N-methyl/N-ethyl adjacent to an activating group) is 1. The van der Waals surface area contributed by atoms with Gasteiger partial charge in [-0.25, -0.2) is 0 Å². The molecular weight excluding hydrogens is 622 g/mol.